The molecule has 2 aliphatic rings. The first kappa shape index (κ1) is 34.3. The number of carbonyl (C=O) groups excluding carboxylic acids is 1. The Labute approximate surface area is 274 Å². The first-order valence-corrected chi connectivity index (χ1v) is 15.4. The molecule has 252 valence electrons. The number of aliphatic carboxylic acids is 1. The van der Waals surface area contributed by atoms with Gasteiger partial charge in [-0.1, -0.05) is 6.07 Å². The van der Waals surface area contributed by atoms with Gasteiger partial charge in [0.05, 0.1) is 41.0 Å². The molecular formula is C32H30BrF6N3O5. The third kappa shape index (κ3) is 6.99. The van der Waals surface area contributed by atoms with Gasteiger partial charge in [-0.25, -0.2) is 9.78 Å². The van der Waals surface area contributed by atoms with Crippen LogP contribution < -0.4 is 9.64 Å². The molecule has 0 spiro atoms. The highest BCUT2D eigenvalue weighted by Gasteiger charge is 2.44. The Balaban J connectivity index is 1.59. The number of aryl methyl sites for hydroxylation is 1. The van der Waals surface area contributed by atoms with Gasteiger partial charge in [0.2, 0.25) is 0 Å². The second-order valence-electron chi connectivity index (χ2n) is 11.5. The highest BCUT2D eigenvalue weighted by Crippen LogP contribution is 2.45. The maximum atomic E-state index is 13.6. The van der Waals surface area contributed by atoms with E-state index in [9.17, 15) is 41.0 Å². The van der Waals surface area contributed by atoms with Crippen molar-refractivity contribution in [1.82, 2.24) is 9.88 Å². The number of amides is 1. The molecule has 8 nitrogen and oxygen atoms in total. The van der Waals surface area contributed by atoms with Crippen LogP contribution in [0.5, 0.6) is 5.75 Å². The molecule has 0 aliphatic carbocycles. The molecule has 15 heteroatoms. The van der Waals surface area contributed by atoms with Gasteiger partial charge < -0.3 is 19.5 Å². The molecule has 5 rings (SSSR count). The summed E-state index contributed by atoms with van der Waals surface area (Å²) in [4.78, 5) is 32.7. The predicted molar refractivity (Wildman–Crippen MR) is 162 cm³/mol. The summed E-state index contributed by atoms with van der Waals surface area (Å²) < 4.78 is 93.4. The van der Waals surface area contributed by atoms with E-state index < -0.39 is 53.3 Å². The smallest absolute Gasteiger partial charge is 0.416 e. The van der Waals surface area contributed by atoms with Crippen molar-refractivity contribution in [2.24, 2.45) is 0 Å². The first-order valence-electron chi connectivity index (χ1n) is 14.6. The SMILES string of the molecule is COc1ccc(CCC(=O)O)cc1-c1c(CN2C(=O)OC(c3cc(C(F)(F)F)cc(C(F)(F)F)c3)C2C)nc(N2CCC2)c(Br)c1C. The molecule has 3 aromatic rings. The number of aromatic nitrogens is 1. The van der Waals surface area contributed by atoms with Crippen molar-refractivity contribution in [3.8, 4) is 16.9 Å². The summed E-state index contributed by atoms with van der Waals surface area (Å²) in [5.74, 6) is 0.0807. The second-order valence-corrected chi connectivity index (χ2v) is 12.3. The Morgan fingerprint density at radius 1 is 1.09 bits per heavy atom. The second kappa shape index (κ2) is 12.9. The highest BCUT2D eigenvalue weighted by atomic mass is 79.9. The van der Waals surface area contributed by atoms with Gasteiger partial charge in [-0.05, 0) is 89.6 Å². The van der Waals surface area contributed by atoms with Gasteiger partial charge >= 0.3 is 24.4 Å². The van der Waals surface area contributed by atoms with Crippen molar-refractivity contribution in [1.29, 1.82) is 0 Å². The normalized spacial score (nSPS) is 18.3. The van der Waals surface area contributed by atoms with E-state index in [-0.39, 0.29) is 25.5 Å². The Morgan fingerprint density at radius 2 is 1.72 bits per heavy atom. The topological polar surface area (TPSA) is 92.2 Å². The van der Waals surface area contributed by atoms with E-state index in [0.717, 1.165) is 25.1 Å². The lowest BCUT2D eigenvalue weighted by Crippen LogP contribution is -2.38. The van der Waals surface area contributed by atoms with E-state index in [0.29, 0.717) is 50.6 Å². The fraction of sp³-hybridized carbons (Fsp3) is 0.406. The van der Waals surface area contributed by atoms with Crippen LogP contribution in [0, 0.1) is 6.92 Å². The van der Waals surface area contributed by atoms with Crippen LogP contribution >= 0.6 is 15.9 Å². The van der Waals surface area contributed by atoms with Crippen molar-refractivity contribution < 1.29 is 50.5 Å². The average Bonchev–Trinajstić information content (AvgIpc) is 3.25. The lowest BCUT2D eigenvalue weighted by molar-refractivity contribution is -0.143. The van der Waals surface area contributed by atoms with Gasteiger partial charge in [0.15, 0.2) is 0 Å². The predicted octanol–water partition coefficient (Wildman–Crippen LogP) is 8.18. The lowest BCUT2D eigenvalue weighted by Gasteiger charge is -2.34. The van der Waals surface area contributed by atoms with Crippen LogP contribution in [0.3, 0.4) is 0 Å². The molecule has 1 amide bonds. The summed E-state index contributed by atoms with van der Waals surface area (Å²) >= 11 is 3.66. The van der Waals surface area contributed by atoms with Crippen LogP contribution in [0.4, 0.5) is 37.0 Å². The van der Waals surface area contributed by atoms with Crippen molar-refractivity contribution in [3.05, 3.63) is 74.4 Å². The highest BCUT2D eigenvalue weighted by molar-refractivity contribution is 9.10. The van der Waals surface area contributed by atoms with Crippen LogP contribution in [0.25, 0.3) is 11.1 Å². The zero-order valence-electron chi connectivity index (χ0n) is 25.4. The maximum Gasteiger partial charge on any atom is 0.416 e. The van der Waals surface area contributed by atoms with Crippen molar-refractivity contribution in [2.45, 2.75) is 64.2 Å². The molecule has 2 aromatic carbocycles. The van der Waals surface area contributed by atoms with Gasteiger partial charge in [0.1, 0.15) is 17.7 Å². The molecule has 47 heavy (non-hydrogen) atoms. The van der Waals surface area contributed by atoms with E-state index in [1.165, 1.54) is 18.9 Å². The quantitative estimate of drug-likeness (QED) is 0.222. The van der Waals surface area contributed by atoms with E-state index >= 15 is 0 Å². The molecule has 2 fully saturated rings. The molecule has 1 N–H and O–H groups in total. The number of methoxy groups -OCH3 is 1. The van der Waals surface area contributed by atoms with Crippen LogP contribution in [0.1, 0.15) is 59.4 Å². The molecule has 2 saturated heterocycles. The number of alkyl halides is 6. The lowest BCUT2D eigenvalue weighted by atomic mass is 9.94. The summed E-state index contributed by atoms with van der Waals surface area (Å²) in [6, 6.07) is 5.39. The van der Waals surface area contributed by atoms with Gasteiger partial charge in [-0.3, -0.25) is 9.69 Å². The van der Waals surface area contributed by atoms with Crippen LogP contribution in [0.2, 0.25) is 0 Å². The third-order valence-corrected chi connectivity index (χ3v) is 9.35. The van der Waals surface area contributed by atoms with Crippen molar-refractivity contribution in [3.63, 3.8) is 0 Å². The monoisotopic (exact) mass is 729 g/mol. The van der Waals surface area contributed by atoms with Gasteiger partial charge in [-0.15, -0.1) is 0 Å². The molecular weight excluding hydrogens is 700 g/mol. The third-order valence-electron chi connectivity index (χ3n) is 8.40. The number of carboxylic acids is 1. The largest absolute Gasteiger partial charge is 0.496 e. The molecule has 1 aromatic heterocycles. The Hall–Kier alpha value is -4.01. The first-order chi connectivity index (χ1) is 22.0. The number of benzene rings is 2. The fourth-order valence-corrected chi connectivity index (χ4v) is 6.30. The van der Waals surface area contributed by atoms with Crippen molar-refractivity contribution in [2.75, 3.05) is 25.1 Å². The number of carboxylic acid groups (broad SMARTS) is 1. The molecule has 0 radical (unpaired) electrons. The number of carbonyl (C=O) groups is 2. The van der Waals surface area contributed by atoms with Crippen LogP contribution in [-0.2, 0) is 34.8 Å². The number of hydrogen-bond acceptors (Lipinski definition) is 6. The van der Waals surface area contributed by atoms with Gasteiger partial charge in [-0.2, -0.15) is 26.3 Å². The number of rotatable bonds is 9. The minimum absolute atomic E-state index is 0.0266. The standard InChI is InChI=1S/C32H30BrF6N3O5/c1-16-26(22-11-18(6-8-25(43)44)5-7-24(22)46-3)23(40-29(27(16)33)41-9-4-10-41)15-42-17(2)28(47-30(42)45)19-12-20(31(34,35)36)14-21(13-19)32(37,38)39/h5,7,11-14,17,28H,4,6,8-10,15H2,1-3H3,(H,43,44). The Kier molecular flexibility index (Phi) is 9.41. The maximum absolute atomic E-state index is 13.6. The summed E-state index contributed by atoms with van der Waals surface area (Å²) in [5.41, 5.74) is -0.509. The molecule has 0 saturated carbocycles. The summed E-state index contributed by atoms with van der Waals surface area (Å²) in [6.45, 7) is 4.59. The summed E-state index contributed by atoms with van der Waals surface area (Å²) in [7, 11) is 1.47. The zero-order valence-corrected chi connectivity index (χ0v) is 27.0. The summed E-state index contributed by atoms with van der Waals surface area (Å²) in [5, 5.41) is 9.21. The Bertz CT molecular complexity index is 1680. The number of ether oxygens (including phenoxy) is 2. The molecule has 2 atom stereocenters. The van der Waals surface area contributed by atoms with Crippen LogP contribution in [-0.4, -0.2) is 53.3 Å². The average molecular weight is 730 g/mol. The van der Waals surface area contributed by atoms with Gasteiger partial charge in [0.25, 0.3) is 0 Å². The number of nitrogens with zero attached hydrogens (tertiary/aromatic N) is 3. The van der Waals surface area contributed by atoms with E-state index in [1.807, 2.05) is 11.8 Å². The molecule has 2 unspecified atom stereocenters. The summed E-state index contributed by atoms with van der Waals surface area (Å²) in [6.07, 6.45) is -11.4. The fourth-order valence-electron chi connectivity index (χ4n) is 5.76. The Morgan fingerprint density at radius 3 is 2.26 bits per heavy atom. The number of cyclic esters (lactones) is 1. The van der Waals surface area contributed by atoms with Crippen LogP contribution in [0.15, 0.2) is 40.9 Å². The number of hydrogen-bond donors (Lipinski definition) is 1. The van der Waals surface area contributed by atoms with Crippen molar-refractivity contribution >= 4 is 33.8 Å². The van der Waals surface area contributed by atoms with E-state index in [4.69, 9.17) is 14.5 Å². The molecule has 3 heterocycles. The molecule has 0 bridgehead atoms. The molecule has 2 aliphatic heterocycles. The number of halogens is 7. The minimum Gasteiger partial charge on any atom is -0.496 e. The number of pyridine rings is 1. The van der Waals surface area contributed by atoms with E-state index in [1.54, 1.807) is 18.2 Å². The minimum atomic E-state index is -5.07. The van der Waals surface area contributed by atoms with E-state index in [2.05, 4.69) is 15.9 Å². The zero-order chi connectivity index (χ0) is 34.4. The number of anilines is 1. The van der Waals surface area contributed by atoms with Gasteiger partial charge in [0, 0.05) is 30.6 Å².